The van der Waals surface area contributed by atoms with Crippen LogP contribution in [0, 0.1) is 0 Å². The van der Waals surface area contributed by atoms with Gasteiger partial charge in [-0.2, -0.15) is 0 Å². The first-order valence-corrected chi connectivity index (χ1v) is 7.11. The van der Waals surface area contributed by atoms with E-state index in [9.17, 15) is 4.79 Å². The van der Waals surface area contributed by atoms with Crippen LogP contribution < -0.4 is 0 Å². The Morgan fingerprint density at radius 1 is 1.09 bits per heavy atom. The Labute approximate surface area is 131 Å². The number of aromatic nitrogens is 4. The molecule has 0 aliphatic carbocycles. The predicted molar refractivity (Wildman–Crippen MR) is 84.8 cm³/mol. The summed E-state index contributed by atoms with van der Waals surface area (Å²) in [5.74, 6) is -0.506. The number of ether oxygens (including phenoxy) is 1. The molecule has 0 unspecified atom stereocenters. The van der Waals surface area contributed by atoms with E-state index in [-0.39, 0.29) is 12.3 Å². The Bertz CT molecular complexity index is 995. The summed E-state index contributed by atoms with van der Waals surface area (Å²) < 4.78 is 5.26. The minimum Gasteiger partial charge on any atom is -0.456 e. The number of pyridine rings is 1. The summed E-state index contributed by atoms with van der Waals surface area (Å²) >= 11 is 0. The van der Waals surface area contributed by atoms with E-state index >= 15 is 0 Å². The number of para-hydroxylation sites is 1. The molecule has 23 heavy (non-hydrogen) atoms. The highest BCUT2D eigenvalue weighted by atomic mass is 16.5. The van der Waals surface area contributed by atoms with E-state index < -0.39 is 5.97 Å². The fourth-order valence-corrected chi connectivity index (χ4v) is 2.45. The molecule has 6 nitrogen and oxygen atoms in total. The predicted octanol–water partition coefficient (Wildman–Crippen LogP) is 2.86. The van der Waals surface area contributed by atoms with E-state index in [1.54, 1.807) is 24.5 Å². The maximum Gasteiger partial charge on any atom is 0.359 e. The number of hydrogen-bond donors (Lipinski definition) is 1. The highest BCUT2D eigenvalue weighted by Crippen LogP contribution is 2.23. The van der Waals surface area contributed by atoms with Crippen molar-refractivity contribution in [1.29, 1.82) is 0 Å². The maximum absolute atomic E-state index is 12.2. The van der Waals surface area contributed by atoms with Gasteiger partial charge in [0.1, 0.15) is 6.61 Å². The number of aromatic amines is 1. The van der Waals surface area contributed by atoms with E-state index in [1.807, 2.05) is 30.3 Å². The van der Waals surface area contributed by atoms with E-state index in [4.69, 9.17) is 4.74 Å². The van der Waals surface area contributed by atoms with Crippen LogP contribution in [0.1, 0.15) is 16.1 Å². The van der Waals surface area contributed by atoms with E-state index in [2.05, 4.69) is 20.2 Å². The monoisotopic (exact) mass is 304 g/mol. The van der Waals surface area contributed by atoms with Crippen LogP contribution in [0.4, 0.5) is 0 Å². The van der Waals surface area contributed by atoms with Crippen molar-refractivity contribution in [3.8, 4) is 0 Å². The van der Waals surface area contributed by atoms with Gasteiger partial charge >= 0.3 is 5.97 Å². The third-order valence-electron chi connectivity index (χ3n) is 3.57. The Kier molecular flexibility index (Phi) is 3.20. The van der Waals surface area contributed by atoms with E-state index in [0.29, 0.717) is 5.65 Å². The lowest BCUT2D eigenvalue weighted by molar-refractivity contribution is 0.0464. The molecule has 0 bridgehead atoms. The summed E-state index contributed by atoms with van der Waals surface area (Å²) in [6.45, 7) is 0.153. The van der Waals surface area contributed by atoms with Gasteiger partial charge in [-0.15, -0.1) is 10.2 Å². The van der Waals surface area contributed by atoms with Gasteiger partial charge in [0, 0.05) is 34.2 Å². The molecule has 0 spiro atoms. The van der Waals surface area contributed by atoms with Crippen molar-refractivity contribution in [1.82, 2.24) is 20.2 Å². The number of nitrogens with zero attached hydrogens (tertiary/aromatic N) is 3. The van der Waals surface area contributed by atoms with Crippen LogP contribution in [0.3, 0.4) is 0 Å². The molecule has 0 saturated heterocycles. The number of rotatable bonds is 3. The molecule has 6 heteroatoms. The molecule has 1 aromatic carbocycles. The molecule has 4 rings (SSSR count). The molecule has 0 aliphatic rings. The molecule has 0 fully saturated rings. The highest BCUT2D eigenvalue weighted by Gasteiger charge is 2.13. The first kappa shape index (κ1) is 13.4. The normalized spacial score (nSPS) is 11.0. The molecule has 4 aromatic rings. The molecule has 112 valence electrons. The smallest absolute Gasteiger partial charge is 0.359 e. The SMILES string of the molecule is O=C(OCc1cccnc1)c1cc2c(nn1)[nH]c1ccccc12. The quantitative estimate of drug-likeness (QED) is 0.589. The van der Waals surface area contributed by atoms with Gasteiger partial charge in [0.25, 0.3) is 0 Å². The molecule has 3 aromatic heterocycles. The number of nitrogens with one attached hydrogen (secondary N) is 1. The zero-order chi connectivity index (χ0) is 15.6. The summed E-state index contributed by atoms with van der Waals surface area (Å²) in [5.41, 5.74) is 2.61. The average molecular weight is 304 g/mol. The summed E-state index contributed by atoms with van der Waals surface area (Å²) in [6.07, 6.45) is 3.32. The van der Waals surface area contributed by atoms with Crippen LogP contribution >= 0.6 is 0 Å². The van der Waals surface area contributed by atoms with Gasteiger partial charge in [-0.1, -0.05) is 24.3 Å². The standard InChI is InChI=1S/C17H12N4O2/c22-17(23-10-11-4-3-7-18-9-11)15-8-13-12-5-1-2-6-14(12)19-16(13)21-20-15/h1-9H,10H2,(H,19,21). The largest absolute Gasteiger partial charge is 0.456 e. The average Bonchev–Trinajstić information content (AvgIpc) is 2.98. The number of benzene rings is 1. The summed E-state index contributed by atoms with van der Waals surface area (Å²) in [6, 6.07) is 13.1. The second-order valence-corrected chi connectivity index (χ2v) is 5.10. The van der Waals surface area contributed by atoms with E-state index in [1.165, 1.54) is 0 Å². The molecule has 0 atom stereocenters. The number of H-pyrrole nitrogens is 1. The number of carbonyl (C=O) groups is 1. The Morgan fingerprint density at radius 2 is 2.00 bits per heavy atom. The molecular formula is C17H12N4O2. The highest BCUT2D eigenvalue weighted by molar-refractivity contribution is 6.07. The molecule has 1 N–H and O–H groups in total. The van der Waals surface area contributed by atoms with Crippen LogP contribution in [-0.2, 0) is 11.3 Å². The molecular weight excluding hydrogens is 292 g/mol. The van der Waals surface area contributed by atoms with Gasteiger partial charge in [0.05, 0.1) is 0 Å². The van der Waals surface area contributed by atoms with Gasteiger partial charge in [0.15, 0.2) is 11.3 Å². The van der Waals surface area contributed by atoms with Crippen molar-refractivity contribution in [2.24, 2.45) is 0 Å². The second-order valence-electron chi connectivity index (χ2n) is 5.10. The number of carbonyl (C=O) groups excluding carboxylic acids is 1. The number of fused-ring (bicyclic) bond motifs is 3. The first-order chi connectivity index (χ1) is 11.3. The van der Waals surface area contributed by atoms with Crippen LogP contribution in [0.25, 0.3) is 21.9 Å². The third kappa shape index (κ3) is 2.50. The zero-order valence-electron chi connectivity index (χ0n) is 12.1. The first-order valence-electron chi connectivity index (χ1n) is 7.11. The van der Waals surface area contributed by atoms with Crippen molar-refractivity contribution >= 4 is 27.9 Å². The molecule has 0 amide bonds. The van der Waals surface area contributed by atoms with Crippen molar-refractivity contribution < 1.29 is 9.53 Å². The van der Waals surface area contributed by atoms with Gasteiger partial charge in [-0.05, 0) is 18.2 Å². The lowest BCUT2D eigenvalue weighted by Gasteiger charge is -2.03. The van der Waals surface area contributed by atoms with Gasteiger partial charge in [-0.25, -0.2) is 4.79 Å². The van der Waals surface area contributed by atoms with Crippen molar-refractivity contribution in [2.75, 3.05) is 0 Å². The van der Waals surface area contributed by atoms with Crippen LogP contribution in [0.15, 0.2) is 54.9 Å². The number of esters is 1. The van der Waals surface area contributed by atoms with Gasteiger partial charge < -0.3 is 9.72 Å². The summed E-state index contributed by atoms with van der Waals surface area (Å²) in [7, 11) is 0. The minimum absolute atomic E-state index is 0.153. The molecule has 3 heterocycles. The fourth-order valence-electron chi connectivity index (χ4n) is 2.45. The molecule has 0 radical (unpaired) electrons. The Balaban J connectivity index is 1.63. The third-order valence-corrected chi connectivity index (χ3v) is 3.57. The van der Waals surface area contributed by atoms with Crippen molar-refractivity contribution in [2.45, 2.75) is 6.61 Å². The minimum atomic E-state index is -0.506. The second kappa shape index (κ2) is 5.49. The lowest BCUT2D eigenvalue weighted by atomic mass is 10.2. The van der Waals surface area contributed by atoms with Gasteiger partial charge in [-0.3, -0.25) is 4.98 Å². The van der Waals surface area contributed by atoms with Crippen molar-refractivity contribution in [3.63, 3.8) is 0 Å². The van der Waals surface area contributed by atoms with Crippen LogP contribution in [0.2, 0.25) is 0 Å². The van der Waals surface area contributed by atoms with E-state index in [0.717, 1.165) is 21.9 Å². The Hall–Kier alpha value is -3.28. The summed E-state index contributed by atoms with van der Waals surface area (Å²) in [5, 5.41) is 9.87. The topological polar surface area (TPSA) is 80.8 Å². The van der Waals surface area contributed by atoms with Crippen LogP contribution in [-0.4, -0.2) is 26.1 Å². The summed E-state index contributed by atoms with van der Waals surface area (Å²) in [4.78, 5) is 19.3. The number of hydrogen-bond acceptors (Lipinski definition) is 5. The van der Waals surface area contributed by atoms with Crippen LogP contribution in [0.5, 0.6) is 0 Å². The molecule has 0 saturated carbocycles. The maximum atomic E-state index is 12.2. The Morgan fingerprint density at radius 3 is 2.87 bits per heavy atom. The molecule has 0 aliphatic heterocycles. The fraction of sp³-hybridized carbons (Fsp3) is 0.0588. The lowest BCUT2D eigenvalue weighted by Crippen LogP contribution is -2.08. The zero-order valence-corrected chi connectivity index (χ0v) is 12.1. The van der Waals surface area contributed by atoms with Crippen molar-refractivity contribution in [3.05, 3.63) is 66.1 Å². The van der Waals surface area contributed by atoms with Gasteiger partial charge in [0.2, 0.25) is 0 Å².